The third kappa shape index (κ3) is 3.76. The Morgan fingerprint density at radius 2 is 1.69 bits per heavy atom. The third-order valence-corrected chi connectivity index (χ3v) is 5.65. The molecule has 0 spiro atoms. The summed E-state index contributed by atoms with van der Waals surface area (Å²) in [6.07, 6.45) is 1.59. The smallest absolute Gasteiger partial charge is 0.249 e. The number of primary amides is 1. The summed E-state index contributed by atoms with van der Waals surface area (Å²) in [5.74, 6) is -0.455. The number of amides is 2. The Bertz CT molecular complexity index is 1120. The number of nitrogens with zero attached hydrogens (tertiary/aromatic N) is 1. The number of benzene rings is 3. The normalized spacial score (nSPS) is 13.1. The minimum atomic E-state index is -0.446. The number of hydrogen-bond acceptors (Lipinski definition) is 2. The minimum absolute atomic E-state index is 0.00965. The quantitative estimate of drug-likeness (QED) is 0.669. The summed E-state index contributed by atoms with van der Waals surface area (Å²) in [7, 11) is 0. The van der Waals surface area contributed by atoms with Gasteiger partial charge in [-0.3, -0.25) is 9.59 Å². The summed E-state index contributed by atoms with van der Waals surface area (Å²) in [6.45, 7) is 2.08. The molecule has 4 rings (SSSR count). The molecule has 0 bridgehead atoms. The first-order chi connectivity index (χ1) is 13.9. The first-order valence-corrected chi connectivity index (χ1v) is 9.89. The van der Waals surface area contributed by atoms with E-state index in [1.54, 1.807) is 17.9 Å². The van der Waals surface area contributed by atoms with Crippen molar-refractivity contribution >= 4 is 29.1 Å². The zero-order valence-corrected chi connectivity index (χ0v) is 16.9. The summed E-state index contributed by atoms with van der Waals surface area (Å²) < 4.78 is 0. The fourth-order valence-corrected chi connectivity index (χ4v) is 4.15. The van der Waals surface area contributed by atoms with Crippen LogP contribution in [0.4, 0.5) is 5.69 Å². The summed E-state index contributed by atoms with van der Waals surface area (Å²) in [4.78, 5) is 26.0. The first kappa shape index (κ1) is 19.2. The van der Waals surface area contributed by atoms with E-state index in [4.69, 9.17) is 17.3 Å². The minimum Gasteiger partial charge on any atom is -0.366 e. The molecule has 0 aromatic heterocycles. The van der Waals surface area contributed by atoms with Gasteiger partial charge in [-0.1, -0.05) is 48.0 Å². The molecule has 1 aliphatic heterocycles. The van der Waals surface area contributed by atoms with Gasteiger partial charge in [-0.25, -0.2) is 0 Å². The molecule has 0 saturated heterocycles. The van der Waals surface area contributed by atoms with Crippen LogP contribution < -0.4 is 10.6 Å². The first-order valence-electron chi connectivity index (χ1n) is 9.51. The van der Waals surface area contributed by atoms with Crippen LogP contribution in [0.25, 0.3) is 11.1 Å². The van der Waals surface area contributed by atoms with E-state index < -0.39 is 5.91 Å². The fourth-order valence-electron chi connectivity index (χ4n) is 3.95. The van der Waals surface area contributed by atoms with Crippen molar-refractivity contribution in [3.8, 4) is 11.1 Å². The molecule has 3 aromatic carbocycles. The van der Waals surface area contributed by atoms with Gasteiger partial charge in [0, 0.05) is 23.2 Å². The maximum Gasteiger partial charge on any atom is 0.249 e. The molecule has 0 radical (unpaired) electrons. The van der Waals surface area contributed by atoms with Crippen molar-refractivity contribution in [2.75, 3.05) is 4.90 Å². The van der Waals surface area contributed by atoms with Gasteiger partial charge < -0.3 is 10.6 Å². The lowest BCUT2D eigenvalue weighted by atomic mass is 9.91. The zero-order valence-electron chi connectivity index (χ0n) is 16.1. The van der Waals surface area contributed by atoms with Crippen LogP contribution in [-0.2, 0) is 24.2 Å². The van der Waals surface area contributed by atoms with Crippen LogP contribution >= 0.6 is 11.6 Å². The molecule has 2 amide bonds. The molecule has 2 N–H and O–H groups in total. The van der Waals surface area contributed by atoms with Gasteiger partial charge in [0.15, 0.2) is 0 Å². The summed E-state index contributed by atoms with van der Waals surface area (Å²) in [5, 5.41) is 0.664. The number of rotatable bonds is 2. The molecule has 1 heterocycles. The molecule has 0 aliphatic carbocycles. The van der Waals surface area contributed by atoms with Crippen LogP contribution in [0.5, 0.6) is 0 Å². The number of hydrogen-bond donors (Lipinski definition) is 1. The molecule has 3 aromatic rings. The van der Waals surface area contributed by atoms with Crippen LogP contribution in [0.2, 0.25) is 5.02 Å². The van der Waals surface area contributed by atoms with Crippen LogP contribution in [0.15, 0.2) is 60.7 Å². The highest BCUT2D eigenvalue weighted by molar-refractivity contribution is 6.30. The molecule has 0 atom stereocenters. The number of carbonyl (C=O) groups is 2. The van der Waals surface area contributed by atoms with Gasteiger partial charge in [0.2, 0.25) is 11.8 Å². The highest BCUT2D eigenvalue weighted by atomic mass is 35.5. The lowest BCUT2D eigenvalue weighted by Crippen LogP contribution is -2.30. The molecular formula is C24H21ClN2O2. The second-order valence-corrected chi connectivity index (χ2v) is 7.71. The monoisotopic (exact) mass is 404 g/mol. The maximum absolute atomic E-state index is 12.4. The number of anilines is 1. The van der Waals surface area contributed by atoms with Gasteiger partial charge in [-0.05, 0) is 64.9 Å². The highest BCUT2D eigenvalue weighted by Gasteiger charge is 2.21. The Kier molecular flexibility index (Phi) is 5.12. The van der Waals surface area contributed by atoms with Gasteiger partial charge in [0.1, 0.15) is 0 Å². The van der Waals surface area contributed by atoms with E-state index in [-0.39, 0.29) is 5.91 Å². The van der Waals surface area contributed by atoms with Gasteiger partial charge >= 0.3 is 0 Å². The molecule has 5 heteroatoms. The standard InChI is InChI=1S/C24H21ClN2O2/c1-15(28)27-14-19-9-7-17(21-4-2-3-5-22(21)24(26)29)12-16(19)6-8-18-13-20(25)10-11-23(18)27/h2-5,7,9-13H,6,8,14H2,1H3,(H2,26,29). The zero-order chi connectivity index (χ0) is 20.5. The largest absolute Gasteiger partial charge is 0.366 e. The van der Waals surface area contributed by atoms with Gasteiger partial charge in [0.25, 0.3) is 0 Å². The van der Waals surface area contributed by atoms with E-state index in [2.05, 4.69) is 6.07 Å². The molecule has 0 saturated carbocycles. The average Bonchev–Trinajstić information content (AvgIpc) is 2.69. The summed E-state index contributed by atoms with van der Waals surface area (Å²) >= 11 is 6.20. The molecule has 0 fully saturated rings. The number of fused-ring (bicyclic) bond motifs is 2. The molecule has 146 valence electrons. The highest BCUT2D eigenvalue weighted by Crippen LogP contribution is 2.33. The molecule has 4 nitrogen and oxygen atoms in total. The second-order valence-electron chi connectivity index (χ2n) is 7.27. The fraction of sp³-hybridized carbons (Fsp3) is 0.167. The van der Waals surface area contributed by atoms with E-state index in [0.717, 1.165) is 46.3 Å². The van der Waals surface area contributed by atoms with E-state index in [0.29, 0.717) is 17.1 Å². The Balaban J connectivity index is 1.79. The van der Waals surface area contributed by atoms with Crippen molar-refractivity contribution in [1.82, 2.24) is 0 Å². The van der Waals surface area contributed by atoms with Crippen molar-refractivity contribution in [3.63, 3.8) is 0 Å². The Morgan fingerprint density at radius 1 is 0.931 bits per heavy atom. The van der Waals surface area contributed by atoms with Gasteiger partial charge in [0.05, 0.1) is 6.54 Å². The van der Waals surface area contributed by atoms with Crippen LogP contribution in [0.1, 0.15) is 34.0 Å². The SMILES string of the molecule is CC(=O)N1Cc2ccc(-c3ccccc3C(N)=O)cc2CCc2cc(Cl)ccc21. The van der Waals surface area contributed by atoms with E-state index >= 15 is 0 Å². The second kappa shape index (κ2) is 7.72. The summed E-state index contributed by atoms with van der Waals surface area (Å²) in [5.41, 5.74) is 12.0. The lowest BCUT2D eigenvalue weighted by molar-refractivity contribution is -0.116. The Labute approximate surface area is 174 Å². The van der Waals surface area contributed by atoms with E-state index in [9.17, 15) is 9.59 Å². The van der Waals surface area contributed by atoms with Crippen molar-refractivity contribution in [2.45, 2.75) is 26.3 Å². The lowest BCUT2D eigenvalue weighted by Gasteiger charge is -2.28. The molecule has 29 heavy (non-hydrogen) atoms. The molecule has 1 aliphatic rings. The Hall–Kier alpha value is -3.11. The van der Waals surface area contributed by atoms with Crippen LogP contribution in [0, 0.1) is 0 Å². The number of nitrogens with two attached hydrogens (primary N) is 1. The number of aryl methyl sites for hydroxylation is 2. The van der Waals surface area contributed by atoms with E-state index in [1.807, 2.05) is 48.5 Å². The molecular weight excluding hydrogens is 384 g/mol. The topological polar surface area (TPSA) is 63.4 Å². The number of halogens is 1. The van der Waals surface area contributed by atoms with Crippen molar-refractivity contribution < 1.29 is 9.59 Å². The molecule has 0 unspecified atom stereocenters. The predicted octanol–water partition coefficient (Wildman–Crippen LogP) is 4.76. The van der Waals surface area contributed by atoms with Crippen LogP contribution in [0.3, 0.4) is 0 Å². The Morgan fingerprint density at radius 3 is 2.45 bits per heavy atom. The van der Waals surface area contributed by atoms with Crippen molar-refractivity contribution in [3.05, 3.63) is 87.9 Å². The van der Waals surface area contributed by atoms with Crippen molar-refractivity contribution in [1.29, 1.82) is 0 Å². The third-order valence-electron chi connectivity index (χ3n) is 5.41. The average molecular weight is 405 g/mol. The number of carbonyl (C=O) groups excluding carboxylic acids is 2. The maximum atomic E-state index is 12.4. The predicted molar refractivity (Wildman–Crippen MR) is 116 cm³/mol. The van der Waals surface area contributed by atoms with Crippen molar-refractivity contribution in [2.24, 2.45) is 5.73 Å². The van der Waals surface area contributed by atoms with Gasteiger partial charge in [-0.15, -0.1) is 0 Å². The van der Waals surface area contributed by atoms with Crippen LogP contribution in [-0.4, -0.2) is 11.8 Å². The van der Waals surface area contributed by atoms with Gasteiger partial charge in [-0.2, -0.15) is 0 Å². The summed E-state index contributed by atoms with van der Waals surface area (Å²) in [6, 6.07) is 19.2. The van der Waals surface area contributed by atoms with E-state index in [1.165, 1.54) is 0 Å².